The number of nitrogens with zero attached hydrogens (tertiary/aromatic N) is 1. The number of halogens is 1. The van der Waals surface area contributed by atoms with Crippen LogP contribution in [0, 0.1) is 0 Å². The lowest BCUT2D eigenvalue weighted by atomic mass is 9.56. The molecule has 1 aliphatic heterocycles. The van der Waals surface area contributed by atoms with Gasteiger partial charge in [0.25, 0.3) is 0 Å². The highest BCUT2D eigenvalue weighted by atomic mass is 79.9. The first-order chi connectivity index (χ1) is 16.0. The Balaban J connectivity index is 1.47. The summed E-state index contributed by atoms with van der Waals surface area (Å²) in [5.74, 6) is 0.251. The van der Waals surface area contributed by atoms with E-state index in [4.69, 9.17) is 0 Å². The Labute approximate surface area is 202 Å². The normalized spacial score (nSPS) is 25.0. The summed E-state index contributed by atoms with van der Waals surface area (Å²) in [7, 11) is 0. The largest absolute Gasteiger partial charge is 0.508 e. The zero-order valence-electron chi connectivity index (χ0n) is 18.4. The standard InChI is InChI=1S/C28H27BrN2O2/c29-23-10-5-11-24-26(23)22-15-28(33)18-31(17-19-6-2-1-3-7-19)13-12-27(28,16-25(22)30-24)20-8-4-9-21(32)14-20/h1-11,14,30,32-33H,12-13,15-18H2/t27-,28-/m0/s1. The summed E-state index contributed by atoms with van der Waals surface area (Å²) in [6.07, 6.45) is 2.13. The maximum Gasteiger partial charge on any atom is 0.115 e. The van der Waals surface area contributed by atoms with Crippen molar-refractivity contribution in [3.63, 3.8) is 0 Å². The Bertz CT molecular complexity index is 1330. The van der Waals surface area contributed by atoms with Gasteiger partial charge in [0.15, 0.2) is 0 Å². The summed E-state index contributed by atoms with van der Waals surface area (Å²) in [4.78, 5) is 6.03. The van der Waals surface area contributed by atoms with E-state index >= 15 is 0 Å². The van der Waals surface area contributed by atoms with Crippen molar-refractivity contribution >= 4 is 26.8 Å². The van der Waals surface area contributed by atoms with E-state index < -0.39 is 11.0 Å². The van der Waals surface area contributed by atoms with Gasteiger partial charge in [0.2, 0.25) is 0 Å². The van der Waals surface area contributed by atoms with Crippen LogP contribution in [-0.2, 0) is 24.8 Å². The molecule has 6 rings (SSSR count). The summed E-state index contributed by atoms with van der Waals surface area (Å²) >= 11 is 3.74. The van der Waals surface area contributed by atoms with E-state index in [9.17, 15) is 10.2 Å². The van der Waals surface area contributed by atoms with E-state index in [0.29, 0.717) is 13.0 Å². The molecule has 0 amide bonds. The molecular formula is C28H27BrN2O2. The molecule has 3 aromatic carbocycles. The number of phenols is 1. The number of nitrogens with one attached hydrogen (secondary N) is 1. The predicted octanol–water partition coefficient (Wildman–Crippen LogP) is 5.31. The number of benzene rings is 3. The third-order valence-corrected chi connectivity index (χ3v) is 8.45. The molecule has 1 aromatic heterocycles. The van der Waals surface area contributed by atoms with Crippen molar-refractivity contribution in [1.82, 2.24) is 9.88 Å². The van der Waals surface area contributed by atoms with Crippen LogP contribution in [0.4, 0.5) is 0 Å². The van der Waals surface area contributed by atoms with Gasteiger partial charge < -0.3 is 15.2 Å². The third-order valence-electron chi connectivity index (χ3n) is 7.79. The van der Waals surface area contributed by atoms with Gasteiger partial charge in [-0.25, -0.2) is 0 Å². The molecular weight excluding hydrogens is 476 g/mol. The van der Waals surface area contributed by atoms with Crippen molar-refractivity contribution in [2.24, 2.45) is 0 Å². The molecule has 0 spiro atoms. The molecule has 1 fully saturated rings. The van der Waals surface area contributed by atoms with E-state index in [1.54, 1.807) is 6.07 Å². The third kappa shape index (κ3) is 3.33. The second-order valence-corrected chi connectivity index (χ2v) is 10.6. The molecule has 2 heterocycles. The number of likely N-dealkylation sites (tertiary alicyclic amines) is 1. The van der Waals surface area contributed by atoms with E-state index in [1.165, 1.54) is 22.2 Å². The molecule has 0 saturated carbocycles. The van der Waals surface area contributed by atoms with Crippen LogP contribution in [0.2, 0.25) is 0 Å². The fourth-order valence-corrected chi connectivity index (χ4v) is 6.82. The fourth-order valence-electron chi connectivity index (χ4n) is 6.22. The van der Waals surface area contributed by atoms with Crippen molar-refractivity contribution < 1.29 is 10.2 Å². The average Bonchev–Trinajstić information content (AvgIpc) is 3.15. The van der Waals surface area contributed by atoms with Crippen molar-refractivity contribution in [2.75, 3.05) is 13.1 Å². The van der Waals surface area contributed by atoms with Gasteiger partial charge >= 0.3 is 0 Å². The minimum atomic E-state index is -0.953. The molecule has 2 aliphatic rings. The van der Waals surface area contributed by atoms with Crippen LogP contribution in [0.3, 0.4) is 0 Å². The van der Waals surface area contributed by atoms with Gasteiger partial charge in [0, 0.05) is 52.4 Å². The van der Waals surface area contributed by atoms with Gasteiger partial charge in [-0.15, -0.1) is 0 Å². The zero-order chi connectivity index (χ0) is 22.6. The number of rotatable bonds is 3. The molecule has 1 aliphatic carbocycles. The monoisotopic (exact) mass is 502 g/mol. The molecule has 33 heavy (non-hydrogen) atoms. The summed E-state index contributed by atoms with van der Waals surface area (Å²) in [5.41, 5.74) is 4.37. The quantitative estimate of drug-likeness (QED) is 0.355. The number of fused-ring (bicyclic) bond motifs is 4. The van der Waals surface area contributed by atoms with Gasteiger partial charge in [-0.05, 0) is 53.9 Å². The zero-order valence-corrected chi connectivity index (χ0v) is 20.0. The number of aliphatic hydroxyl groups is 1. The van der Waals surface area contributed by atoms with E-state index in [1.807, 2.05) is 24.3 Å². The number of aromatic amines is 1. The number of H-pyrrole nitrogens is 1. The number of hydrogen-bond donors (Lipinski definition) is 3. The van der Waals surface area contributed by atoms with Crippen LogP contribution < -0.4 is 0 Å². The molecule has 4 nitrogen and oxygen atoms in total. The molecule has 2 atom stereocenters. The first-order valence-corrected chi connectivity index (χ1v) is 12.3. The van der Waals surface area contributed by atoms with Gasteiger partial charge in [-0.1, -0.05) is 64.5 Å². The minimum absolute atomic E-state index is 0.251. The van der Waals surface area contributed by atoms with Gasteiger partial charge in [-0.3, -0.25) is 4.90 Å². The maximum atomic E-state index is 12.5. The predicted molar refractivity (Wildman–Crippen MR) is 134 cm³/mol. The van der Waals surface area contributed by atoms with Gasteiger partial charge in [0.1, 0.15) is 5.75 Å². The number of aromatic nitrogens is 1. The molecule has 0 bridgehead atoms. The Kier molecular flexibility index (Phi) is 4.91. The van der Waals surface area contributed by atoms with Gasteiger partial charge in [0.05, 0.1) is 5.60 Å². The average molecular weight is 503 g/mol. The molecule has 3 N–H and O–H groups in total. The topological polar surface area (TPSA) is 59.5 Å². The van der Waals surface area contributed by atoms with Crippen molar-refractivity contribution in [1.29, 1.82) is 0 Å². The van der Waals surface area contributed by atoms with Crippen LogP contribution in [0.1, 0.15) is 28.8 Å². The van der Waals surface area contributed by atoms with E-state index in [0.717, 1.165) is 41.5 Å². The van der Waals surface area contributed by atoms with E-state index in [-0.39, 0.29) is 5.75 Å². The summed E-state index contributed by atoms with van der Waals surface area (Å²) in [6.45, 7) is 2.31. The summed E-state index contributed by atoms with van der Waals surface area (Å²) in [6, 6.07) is 24.2. The highest BCUT2D eigenvalue weighted by Crippen LogP contribution is 2.52. The van der Waals surface area contributed by atoms with Crippen LogP contribution >= 0.6 is 15.9 Å². The number of β-amino-alcohol motifs (C(OH)–C–C–N with tert-alkyl or cyclic N) is 1. The highest BCUT2D eigenvalue weighted by Gasteiger charge is 2.57. The van der Waals surface area contributed by atoms with Gasteiger partial charge in [-0.2, -0.15) is 0 Å². The molecule has 0 unspecified atom stereocenters. The SMILES string of the molecule is Oc1cccc([C@@]23CCN(Cc4ccccc4)C[C@@]2(O)Cc2c([nH]c4cccc(Br)c24)C3)c1. The van der Waals surface area contributed by atoms with Crippen molar-refractivity contribution in [3.8, 4) is 5.75 Å². The smallest absolute Gasteiger partial charge is 0.115 e. The minimum Gasteiger partial charge on any atom is -0.508 e. The lowest BCUT2D eigenvalue weighted by molar-refractivity contribution is -0.105. The van der Waals surface area contributed by atoms with Crippen LogP contribution in [0.15, 0.2) is 77.3 Å². The lowest BCUT2D eigenvalue weighted by Crippen LogP contribution is -2.66. The Morgan fingerprint density at radius 3 is 2.61 bits per heavy atom. The lowest BCUT2D eigenvalue weighted by Gasteiger charge is -2.56. The Morgan fingerprint density at radius 2 is 1.79 bits per heavy atom. The van der Waals surface area contributed by atoms with Crippen molar-refractivity contribution in [2.45, 2.75) is 36.8 Å². The first-order valence-electron chi connectivity index (χ1n) is 11.5. The molecule has 0 radical (unpaired) electrons. The fraction of sp³-hybridized carbons (Fsp3) is 0.286. The maximum absolute atomic E-state index is 12.5. The van der Waals surface area contributed by atoms with E-state index in [2.05, 4.69) is 68.3 Å². The number of hydrogen-bond acceptors (Lipinski definition) is 3. The second kappa shape index (κ2) is 7.73. The van der Waals surface area contributed by atoms with Crippen molar-refractivity contribution in [3.05, 3.63) is 99.7 Å². The molecule has 5 heteroatoms. The first kappa shape index (κ1) is 21.0. The summed E-state index contributed by atoms with van der Waals surface area (Å²) < 4.78 is 1.06. The number of aromatic hydroxyl groups is 1. The van der Waals surface area contributed by atoms with Crippen LogP contribution in [-0.4, -0.2) is 38.8 Å². The summed E-state index contributed by atoms with van der Waals surface area (Å²) in [5, 5.41) is 24.0. The number of piperidine rings is 1. The molecule has 4 aromatic rings. The molecule has 1 saturated heterocycles. The second-order valence-electron chi connectivity index (χ2n) is 9.71. The Hall–Kier alpha value is -2.60. The number of phenolic OH excluding ortho intramolecular Hbond substituents is 1. The van der Waals surface area contributed by atoms with Crippen LogP contribution in [0.25, 0.3) is 10.9 Å². The van der Waals surface area contributed by atoms with Crippen LogP contribution in [0.5, 0.6) is 5.75 Å². The molecule has 168 valence electrons. The highest BCUT2D eigenvalue weighted by molar-refractivity contribution is 9.10. The Morgan fingerprint density at radius 1 is 0.970 bits per heavy atom.